The molecule has 0 radical (unpaired) electrons. The van der Waals surface area contributed by atoms with Crippen LogP contribution in [-0.4, -0.2) is 5.88 Å². The first-order valence-electron chi connectivity index (χ1n) is 4.54. The molecule has 0 heterocycles. The van der Waals surface area contributed by atoms with E-state index in [9.17, 15) is 0 Å². The van der Waals surface area contributed by atoms with Crippen molar-refractivity contribution in [2.45, 2.75) is 13.3 Å². The van der Waals surface area contributed by atoms with Crippen LogP contribution in [-0.2, 0) is 6.42 Å². The maximum Gasteiger partial charge on any atom is 0.0438 e. The molecule has 14 heavy (non-hydrogen) atoms. The standard InChI is InChI=1S/C12H14Cl2/c1-3-12(2,9-13)8-10-6-4-5-7-11(10)14/h3-7H,1,8-9H2,2H3. The molecule has 0 aliphatic carbocycles. The van der Waals surface area contributed by atoms with E-state index in [1.54, 1.807) is 0 Å². The summed E-state index contributed by atoms with van der Waals surface area (Å²) in [6.07, 6.45) is 2.73. The molecule has 0 fully saturated rings. The average Bonchev–Trinajstić information content (AvgIpc) is 2.21. The summed E-state index contributed by atoms with van der Waals surface area (Å²) < 4.78 is 0. The molecule has 0 bridgehead atoms. The summed E-state index contributed by atoms with van der Waals surface area (Å²) in [6.45, 7) is 5.88. The van der Waals surface area contributed by atoms with Gasteiger partial charge in [0.15, 0.2) is 0 Å². The van der Waals surface area contributed by atoms with Crippen LogP contribution in [0.25, 0.3) is 0 Å². The Labute approximate surface area is 95.5 Å². The lowest BCUT2D eigenvalue weighted by Crippen LogP contribution is -2.18. The van der Waals surface area contributed by atoms with Gasteiger partial charge in [-0.3, -0.25) is 0 Å². The first-order valence-corrected chi connectivity index (χ1v) is 5.45. The van der Waals surface area contributed by atoms with Crippen LogP contribution in [0.5, 0.6) is 0 Å². The van der Waals surface area contributed by atoms with E-state index in [0.29, 0.717) is 5.88 Å². The quantitative estimate of drug-likeness (QED) is 0.533. The predicted octanol–water partition coefficient (Wildman–Crippen LogP) is 4.31. The third kappa shape index (κ3) is 2.76. The van der Waals surface area contributed by atoms with Gasteiger partial charge in [-0.1, -0.05) is 42.8 Å². The van der Waals surface area contributed by atoms with Gasteiger partial charge in [-0.15, -0.1) is 18.2 Å². The van der Waals surface area contributed by atoms with Crippen LogP contribution >= 0.6 is 23.2 Å². The van der Waals surface area contributed by atoms with Crippen LogP contribution < -0.4 is 0 Å². The van der Waals surface area contributed by atoms with Gasteiger partial charge in [-0.05, 0) is 18.1 Å². The first-order chi connectivity index (χ1) is 6.61. The summed E-state index contributed by atoms with van der Waals surface area (Å²) in [5.41, 5.74) is 1.05. The minimum Gasteiger partial charge on any atom is -0.126 e. The molecule has 0 saturated heterocycles. The zero-order valence-electron chi connectivity index (χ0n) is 8.26. The van der Waals surface area contributed by atoms with Gasteiger partial charge in [-0.2, -0.15) is 0 Å². The van der Waals surface area contributed by atoms with E-state index in [-0.39, 0.29) is 5.41 Å². The van der Waals surface area contributed by atoms with Crippen molar-refractivity contribution in [2.75, 3.05) is 5.88 Å². The number of rotatable bonds is 4. The number of halogens is 2. The van der Waals surface area contributed by atoms with Crippen molar-refractivity contribution < 1.29 is 0 Å². The van der Waals surface area contributed by atoms with E-state index in [1.165, 1.54) is 0 Å². The Bertz CT molecular complexity index is 320. The third-order valence-electron chi connectivity index (χ3n) is 2.35. The SMILES string of the molecule is C=CC(C)(CCl)Cc1ccccc1Cl. The Morgan fingerprint density at radius 1 is 1.43 bits per heavy atom. The van der Waals surface area contributed by atoms with E-state index in [1.807, 2.05) is 30.3 Å². The van der Waals surface area contributed by atoms with E-state index < -0.39 is 0 Å². The second-order valence-corrected chi connectivity index (χ2v) is 4.43. The molecular formula is C12H14Cl2. The van der Waals surface area contributed by atoms with Gasteiger partial charge in [0, 0.05) is 16.3 Å². The summed E-state index contributed by atoms with van der Waals surface area (Å²) in [7, 11) is 0. The topological polar surface area (TPSA) is 0 Å². The van der Waals surface area contributed by atoms with Crippen molar-refractivity contribution in [3.05, 3.63) is 47.5 Å². The van der Waals surface area contributed by atoms with Crippen LogP contribution in [0.1, 0.15) is 12.5 Å². The predicted molar refractivity (Wildman–Crippen MR) is 64.2 cm³/mol. The van der Waals surface area contributed by atoms with E-state index in [4.69, 9.17) is 23.2 Å². The van der Waals surface area contributed by atoms with Gasteiger partial charge in [0.05, 0.1) is 0 Å². The number of benzene rings is 1. The van der Waals surface area contributed by atoms with E-state index in [0.717, 1.165) is 17.0 Å². The van der Waals surface area contributed by atoms with Gasteiger partial charge in [0.1, 0.15) is 0 Å². The third-order valence-corrected chi connectivity index (χ3v) is 3.33. The maximum atomic E-state index is 6.07. The number of allylic oxidation sites excluding steroid dienone is 1. The van der Waals surface area contributed by atoms with Gasteiger partial charge < -0.3 is 0 Å². The second kappa shape index (κ2) is 4.86. The van der Waals surface area contributed by atoms with E-state index >= 15 is 0 Å². The van der Waals surface area contributed by atoms with Crippen LogP contribution in [0, 0.1) is 5.41 Å². The number of alkyl halides is 1. The molecule has 1 unspecified atom stereocenters. The molecule has 0 N–H and O–H groups in total. The number of hydrogen-bond acceptors (Lipinski definition) is 0. The van der Waals surface area contributed by atoms with Crippen molar-refractivity contribution in [1.29, 1.82) is 0 Å². The van der Waals surface area contributed by atoms with Gasteiger partial charge in [0.25, 0.3) is 0 Å². The van der Waals surface area contributed by atoms with Crippen LogP contribution in [0.2, 0.25) is 5.02 Å². The molecule has 1 aromatic carbocycles. The lowest BCUT2D eigenvalue weighted by atomic mass is 9.86. The molecule has 0 nitrogen and oxygen atoms in total. The Hall–Kier alpha value is -0.460. The lowest BCUT2D eigenvalue weighted by Gasteiger charge is -2.23. The summed E-state index contributed by atoms with van der Waals surface area (Å²) in [5, 5.41) is 0.797. The molecule has 0 amide bonds. The fourth-order valence-corrected chi connectivity index (χ4v) is 1.66. The minimum atomic E-state index is -0.0768. The zero-order valence-corrected chi connectivity index (χ0v) is 9.78. The molecule has 76 valence electrons. The first kappa shape index (κ1) is 11.6. The monoisotopic (exact) mass is 228 g/mol. The highest BCUT2D eigenvalue weighted by atomic mass is 35.5. The van der Waals surface area contributed by atoms with Crippen molar-refractivity contribution in [3.8, 4) is 0 Å². The number of hydrogen-bond donors (Lipinski definition) is 0. The molecule has 0 spiro atoms. The normalized spacial score (nSPS) is 14.8. The van der Waals surface area contributed by atoms with Crippen molar-refractivity contribution in [1.82, 2.24) is 0 Å². The van der Waals surface area contributed by atoms with Gasteiger partial charge in [0.2, 0.25) is 0 Å². The van der Waals surface area contributed by atoms with Crippen molar-refractivity contribution >= 4 is 23.2 Å². The molecule has 0 aliphatic rings. The highest BCUT2D eigenvalue weighted by Gasteiger charge is 2.20. The molecule has 0 saturated carbocycles. The second-order valence-electron chi connectivity index (χ2n) is 3.76. The molecule has 0 aromatic heterocycles. The Morgan fingerprint density at radius 2 is 2.07 bits per heavy atom. The van der Waals surface area contributed by atoms with Crippen molar-refractivity contribution in [2.24, 2.45) is 5.41 Å². The molecule has 2 heteroatoms. The minimum absolute atomic E-state index is 0.0768. The van der Waals surface area contributed by atoms with Crippen LogP contribution in [0.15, 0.2) is 36.9 Å². The summed E-state index contributed by atoms with van der Waals surface area (Å²) in [5.74, 6) is 0.557. The largest absolute Gasteiger partial charge is 0.126 e. The molecule has 1 aromatic rings. The molecule has 1 atom stereocenters. The van der Waals surface area contributed by atoms with Crippen LogP contribution in [0.3, 0.4) is 0 Å². The summed E-state index contributed by atoms with van der Waals surface area (Å²) in [4.78, 5) is 0. The Morgan fingerprint density at radius 3 is 2.57 bits per heavy atom. The Kier molecular flexibility index (Phi) is 4.03. The van der Waals surface area contributed by atoms with Gasteiger partial charge >= 0.3 is 0 Å². The Balaban J connectivity index is 2.87. The van der Waals surface area contributed by atoms with Crippen molar-refractivity contribution in [3.63, 3.8) is 0 Å². The lowest BCUT2D eigenvalue weighted by molar-refractivity contribution is 0.486. The van der Waals surface area contributed by atoms with E-state index in [2.05, 4.69) is 13.5 Å². The fraction of sp³-hybridized carbons (Fsp3) is 0.333. The zero-order chi connectivity index (χ0) is 10.6. The molecular weight excluding hydrogens is 215 g/mol. The van der Waals surface area contributed by atoms with Gasteiger partial charge in [-0.25, -0.2) is 0 Å². The fourth-order valence-electron chi connectivity index (χ4n) is 1.25. The molecule has 0 aliphatic heterocycles. The summed E-state index contributed by atoms with van der Waals surface area (Å²) >= 11 is 12.0. The van der Waals surface area contributed by atoms with Crippen LogP contribution in [0.4, 0.5) is 0 Å². The molecule has 1 rings (SSSR count). The maximum absolute atomic E-state index is 6.07. The highest BCUT2D eigenvalue weighted by Crippen LogP contribution is 2.28. The smallest absolute Gasteiger partial charge is 0.0438 e. The highest BCUT2D eigenvalue weighted by molar-refractivity contribution is 6.31. The summed E-state index contributed by atoms with van der Waals surface area (Å²) in [6, 6.07) is 7.84. The average molecular weight is 229 g/mol.